The molecule has 1 amide bonds. The van der Waals surface area contributed by atoms with Crippen LogP contribution in [0.2, 0.25) is 0 Å². The molecule has 1 N–H and O–H groups in total. The lowest BCUT2D eigenvalue weighted by atomic mass is 10.1. The molecule has 25 heavy (non-hydrogen) atoms. The lowest BCUT2D eigenvalue weighted by Gasteiger charge is -2.10. The van der Waals surface area contributed by atoms with Crippen molar-refractivity contribution in [1.82, 2.24) is 9.78 Å². The van der Waals surface area contributed by atoms with Crippen LogP contribution in [-0.2, 0) is 18.2 Å². The van der Waals surface area contributed by atoms with Crippen molar-refractivity contribution in [2.24, 2.45) is 7.05 Å². The Bertz CT molecular complexity index is 845. The number of rotatable bonds is 5. The van der Waals surface area contributed by atoms with Crippen LogP contribution in [0.5, 0.6) is 0 Å². The van der Waals surface area contributed by atoms with E-state index in [0.717, 1.165) is 21.2 Å². The van der Waals surface area contributed by atoms with Crippen molar-refractivity contribution < 1.29 is 9.53 Å². The molecule has 6 heteroatoms. The van der Waals surface area contributed by atoms with Crippen LogP contribution >= 0.6 is 15.9 Å². The third kappa shape index (κ3) is 4.48. The normalized spacial score (nSPS) is 10.5. The fraction of sp³-hybridized carbons (Fsp3) is 0.158. The standard InChI is InChI=1S/C19H18BrN3O2/c1-23-18(17(13-21-23)15-7-9-16(20)10-8-15)22-19(24)25-12-11-14-5-3-2-4-6-14/h2-10,13H,11-12H2,1H3,(H,22,24). The summed E-state index contributed by atoms with van der Waals surface area (Å²) in [7, 11) is 1.78. The zero-order chi connectivity index (χ0) is 17.6. The molecule has 2 aromatic carbocycles. The number of nitrogens with zero attached hydrogens (tertiary/aromatic N) is 2. The molecular formula is C19H18BrN3O2. The Morgan fingerprint density at radius 3 is 2.60 bits per heavy atom. The van der Waals surface area contributed by atoms with E-state index in [2.05, 4.69) is 26.3 Å². The summed E-state index contributed by atoms with van der Waals surface area (Å²) in [6, 6.07) is 17.7. The zero-order valence-electron chi connectivity index (χ0n) is 13.8. The van der Waals surface area contributed by atoms with Gasteiger partial charge < -0.3 is 4.74 Å². The monoisotopic (exact) mass is 399 g/mol. The van der Waals surface area contributed by atoms with Gasteiger partial charge in [0.2, 0.25) is 0 Å². The Kier molecular flexibility index (Phi) is 5.50. The minimum atomic E-state index is -0.488. The molecule has 0 atom stereocenters. The third-order valence-electron chi connectivity index (χ3n) is 3.78. The van der Waals surface area contributed by atoms with Gasteiger partial charge in [-0.05, 0) is 23.3 Å². The number of hydrogen-bond donors (Lipinski definition) is 1. The lowest BCUT2D eigenvalue weighted by Crippen LogP contribution is -2.17. The van der Waals surface area contributed by atoms with E-state index in [1.807, 2.05) is 54.6 Å². The highest BCUT2D eigenvalue weighted by molar-refractivity contribution is 9.10. The summed E-state index contributed by atoms with van der Waals surface area (Å²) >= 11 is 3.42. The van der Waals surface area contributed by atoms with Crippen LogP contribution in [0.4, 0.5) is 10.6 Å². The molecule has 3 aromatic rings. The van der Waals surface area contributed by atoms with Crippen molar-refractivity contribution in [1.29, 1.82) is 0 Å². The van der Waals surface area contributed by atoms with Crippen molar-refractivity contribution in [2.45, 2.75) is 6.42 Å². The molecule has 0 bridgehead atoms. The van der Waals surface area contributed by atoms with E-state index < -0.39 is 6.09 Å². The van der Waals surface area contributed by atoms with Crippen molar-refractivity contribution in [3.8, 4) is 11.1 Å². The highest BCUT2D eigenvalue weighted by Gasteiger charge is 2.14. The van der Waals surface area contributed by atoms with Crippen LogP contribution in [0, 0.1) is 0 Å². The predicted molar refractivity (Wildman–Crippen MR) is 101 cm³/mol. The maximum Gasteiger partial charge on any atom is 0.412 e. The van der Waals surface area contributed by atoms with Gasteiger partial charge in [0.05, 0.1) is 12.8 Å². The van der Waals surface area contributed by atoms with Crippen molar-refractivity contribution in [3.05, 3.63) is 70.8 Å². The average molecular weight is 400 g/mol. The minimum absolute atomic E-state index is 0.321. The van der Waals surface area contributed by atoms with E-state index in [-0.39, 0.29) is 0 Å². The van der Waals surface area contributed by atoms with E-state index in [1.54, 1.807) is 17.9 Å². The predicted octanol–water partition coefficient (Wildman–Crippen LogP) is 4.64. The highest BCUT2D eigenvalue weighted by atomic mass is 79.9. The summed E-state index contributed by atoms with van der Waals surface area (Å²) in [5.74, 6) is 0.604. The number of benzene rings is 2. The van der Waals surface area contributed by atoms with Gasteiger partial charge in [0, 0.05) is 23.5 Å². The molecule has 1 aromatic heterocycles. The van der Waals surface area contributed by atoms with Gasteiger partial charge in [0.15, 0.2) is 0 Å². The first kappa shape index (κ1) is 17.2. The summed E-state index contributed by atoms with van der Waals surface area (Å²) < 4.78 is 7.90. The molecule has 0 unspecified atom stereocenters. The van der Waals surface area contributed by atoms with Gasteiger partial charge in [0.1, 0.15) is 5.82 Å². The van der Waals surface area contributed by atoms with E-state index in [0.29, 0.717) is 18.8 Å². The second kappa shape index (κ2) is 7.98. The van der Waals surface area contributed by atoms with Gasteiger partial charge in [0.25, 0.3) is 0 Å². The lowest BCUT2D eigenvalue weighted by molar-refractivity contribution is 0.163. The van der Waals surface area contributed by atoms with Gasteiger partial charge in [-0.25, -0.2) is 4.79 Å². The second-order valence-corrected chi connectivity index (χ2v) is 6.45. The number of halogens is 1. The topological polar surface area (TPSA) is 56.2 Å². The number of anilines is 1. The van der Waals surface area contributed by atoms with E-state index in [9.17, 15) is 4.79 Å². The Morgan fingerprint density at radius 1 is 1.16 bits per heavy atom. The van der Waals surface area contributed by atoms with E-state index >= 15 is 0 Å². The Balaban J connectivity index is 1.63. The van der Waals surface area contributed by atoms with E-state index in [4.69, 9.17) is 4.74 Å². The van der Waals surface area contributed by atoms with Crippen LogP contribution in [0.15, 0.2) is 65.3 Å². The smallest absolute Gasteiger partial charge is 0.412 e. The summed E-state index contributed by atoms with van der Waals surface area (Å²) in [5.41, 5.74) is 2.94. The van der Waals surface area contributed by atoms with Gasteiger partial charge >= 0.3 is 6.09 Å². The molecule has 0 radical (unpaired) electrons. The first-order valence-electron chi connectivity index (χ1n) is 7.89. The molecule has 0 saturated heterocycles. The molecule has 0 fully saturated rings. The molecule has 0 aliphatic rings. The van der Waals surface area contributed by atoms with Crippen molar-refractivity contribution in [2.75, 3.05) is 11.9 Å². The highest BCUT2D eigenvalue weighted by Crippen LogP contribution is 2.28. The maximum atomic E-state index is 12.1. The van der Waals surface area contributed by atoms with Crippen LogP contribution in [0.3, 0.4) is 0 Å². The van der Waals surface area contributed by atoms with Crippen LogP contribution < -0.4 is 5.32 Å². The molecule has 0 aliphatic heterocycles. The summed E-state index contributed by atoms with van der Waals surface area (Å²) in [6.07, 6.45) is 1.92. The molecule has 5 nitrogen and oxygen atoms in total. The molecular weight excluding hydrogens is 382 g/mol. The van der Waals surface area contributed by atoms with Gasteiger partial charge in [-0.1, -0.05) is 58.4 Å². The number of aryl methyl sites for hydroxylation is 1. The maximum absolute atomic E-state index is 12.1. The Morgan fingerprint density at radius 2 is 1.88 bits per heavy atom. The van der Waals surface area contributed by atoms with Crippen LogP contribution in [0.1, 0.15) is 5.56 Å². The molecule has 128 valence electrons. The summed E-state index contributed by atoms with van der Waals surface area (Å²) in [4.78, 5) is 12.1. The molecule has 0 aliphatic carbocycles. The number of nitrogens with one attached hydrogen (secondary N) is 1. The number of hydrogen-bond acceptors (Lipinski definition) is 3. The fourth-order valence-electron chi connectivity index (χ4n) is 2.47. The number of carbonyl (C=O) groups excluding carboxylic acids is 1. The number of ether oxygens (including phenoxy) is 1. The molecule has 0 spiro atoms. The van der Waals surface area contributed by atoms with E-state index in [1.165, 1.54) is 0 Å². The second-order valence-electron chi connectivity index (χ2n) is 5.53. The van der Waals surface area contributed by atoms with Crippen LogP contribution in [-0.4, -0.2) is 22.5 Å². The number of aromatic nitrogens is 2. The first-order valence-corrected chi connectivity index (χ1v) is 8.68. The van der Waals surface area contributed by atoms with Crippen molar-refractivity contribution in [3.63, 3.8) is 0 Å². The molecule has 3 rings (SSSR count). The summed E-state index contributed by atoms with van der Waals surface area (Å²) in [6.45, 7) is 0.321. The van der Waals surface area contributed by atoms with Gasteiger partial charge in [-0.3, -0.25) is 10.00 Å². The first-order chi connectivity index (χ1) is 12.1. The fourth-order valence-corrected chi connectivity index (χ4v) is 2.73. The van der Waals surface area contributed by atoms with Crippen molar-refractivity contribution >= 4 is 27.8 Å². The number of amides is 1. The third-order valence-corrected chi connectivity index (χ3v) is 4.31. The zero-order valence-corrected chi connectivity index (χ0v) is 15.4. The Labute approximate surface area is 154 Å². The largest absolute Gasteiger partial charge is 0.449 e. The molecule has 0 saturated carbocycles. The quantitative estimate of drug-likeness (QED) is 0.679. The van der Waals surface area contributed by atoms with Gasteiger partial charge in [-0.2, -0.15) is 5.10 Å². The molecule has 1 heterocycles. The Hall–Kier alpha value is -2.60. The summed E-state index contributed by atoms with van der Waals surface area (Å²) in [5, 5.41) is 7.02. The van der Waals surface area contributed by atoms with Gasteiger partial charge in [-0.15, -0.1) is 0 Å². The number of carbonyl (C=O) groups is 1. The minimum Gasteiger partial charge on any atom is -0.449 e. The average Bonchev–Trinajstić information content (AvgIpc) is 2.97. The van der Waals surface area contributed by atoms with Crippen LogP contribution in [0.25, 0.3) is 11.1 Å². The SMILES string of the molecule is Cn1ncc(-c2ccc(Br)cc2)c1NC(=O)OCCc1ccccc1.